The highest BCUT2D eigenvalue weighted by molar-refractivity contribution is 5.91. The molecule has 0 N–H and O–H groups in total. The van der Waals surface area contributed by atoms with Crippen LogP contribution in [0.4, 0.5) is 10.5 Å². The van der Waals surface area contributed by atoms with Crippen LogP contribution in [0.1, 0.15) is 6.92 Å². The summed E-state index contributed by atoms with van der Waals surface area (Å²) >= 11 is 0. The number of carbonyl (C=O) groups excluding carboxylic acids is 1. The van der Waals surface area contributed by atoms with Gasteiger partial charge in [-0.05, 0) is 19.1 Å². The zero-order valence-corrected chi connectivity index (χ0v) is 9.17. The second-order valence-corrected chi connectivity index (χ2v) is 3.20. The fraction of sp³-hybridized carbons (Fsp3) is 0.364. The Hall–Kier alpha value is -1.75. The lowest BCUT2D eigenvalue weighted by atomic mass is 10.3. The number of benzene rings is 1. The Morgan fingerprint density at radius 1 is 1.50 bits per heavy atom. The average Bonchev–Trinajstić information content (AvgIpc) is 2.67. The molecule has 0 aromatic heterocycles. The molecule has 5 nitrogen and oxygen atoms in total. The van der Waals surface area contributed by atoms with Crippen LogP contribution in [0.15, 0.2) is 24.3 Å². The highest BCUT2D eigenvalue weighted by Gasteiger charge is 2.36. The van der Waals surface area contributed by atoms with Crippen LogP contribution < -0.4 is 9.64 Å². The van der Waals surface area contributed by atoms with Gasteiger partial charge in [0.2, 0.25) is 0 Å². The molecule has 0 bridgehead atoms. The van der Waals surface area contributed by atoms with Gasteiger partial charge in [0.15, 0.2) is 0 Å². The molecule has 5 heteroatoms. The van der Waals surface area contributed by atoms with Crippen molar-refractivity contribution in [3.05, 3.63) is 24.3 Å². The first-order valence-electron chi connectivity index (χ1n) is 5.02. The molecule has 0 radical (unpaired) electrons. The number of methoxy groups -OCH3 is 1. The Balaban J connectivity index is 2.30. The minimum Gasteiger partial charge on any atom is -0.449 e. The molecular formula is C11H13NO4. The van der Waals surface area contributed by atoms with Gasteiger partial charge in [-0.25, -0.2) is 9.69 Å². The first-order valence-corrected chi connectivity index (χ1v) is 5.02. The molecule has 0 aliphatic carbocycles. The van der Waals surface area contributed by atoms with E-state index in [2.05, 4.69) is 0 Å². The summed E-state index contributed by atoms with van der Waals surface area (Å²) in [6, 6.07) is 7.22. The van der Waals surface area contributed by atoms with Crippen molar-refractivity contribution in [3.8, 4) is 5.75 Å². The van der Waals surface area contributed by atoms with Crippen LogP contribution in [0.5, 0.6) is 5.75 Å². The van der Waals surface area contributed by atoms with Gasteiger partial charge in [-0.3, -0.25) is 0 Å². The number of hydrogen-bond acceptors (Lipinski definition) is 4. The van der Waals surface area contributed by atoms with Crippen molar-refractivity contribution < 1.29 is 19.0 Å². The van der Waals surface area contributed by atoms with Crippen molar-refractivity contribution in [3.63, 3.8) is 0 Å². The van der Waals surface area contributed by atoms with Crippen LogP contribution in [-0.4, -0.2) is 26.2 Å². The van der Waals surface area contributed by atoms with Crippen molar-refractivity contribution in [1.82, 2.24) is 0 Å². The van der Waals surface area contributed by atoms with Gasteiger partial charge in [-0.1, -0.05) is 12.1 Å². The quantitative estimate of drug-likeness (QED) is 0.769. The van der Waals surface area contributed by atoms with Gasteiger partial charge in [0.1, 0.15) is 5.75 Å². The summed E-state index contributed by atoms with van der Waals surface area (Å²) in [4.78, 5) is 13.1. The van der Waals surface area contributed by atoms with E-state index in [1.807, 2.05) is 12.1 Å². The summed E-state index contributed by atoms with van der Waals surface area (Å²) in [5.41, 5.74) is 0.660. The Bertz CT molecular complexity index is 393. The van der Waals surface area contributed by atoms with Crippen molar-refractivity contribution in [2.24, 2.45) is 0 Å². The van der Waals surface area contributed by atoms with Gasteiger partial charge in [0.25, 0.3) is 6.41 Å². The molecule has 16 heavy (non-hydrogen) atoms. The highest BCUT2D eigenvalue weighted by Crippen LogP contribution is 2.37. The number of nitrogens with zero attached hydrogens (tertiary/aromatic N) is 1. The SMILES string of the molecule is CCOC(=O)N1c2ccccc2OC1OC. The number of hydrogen-bond donors (Lipinski definition) is 0. The Kier molecular flexibility index (Phi) is 2.96. The van der Waals surface area contributed by atoms with E-state index in [9.17, 15) is 4.79 Å². The van der Waals surface area contributed by atoms with Crippen molar-refractivity contribution >= 4 is 11.8 Å². The molecule has 1 aliphatic rings. The summed E-state index contributed by atoms with van der Waals surface area (Å²) < 4.78 is 15.5. The third-order valence-electron chi connectivity index (χ3n) is 2.23. The monoisotopic (exact) mass is 223 g/mol. The van der Waals surface area contributed by atoms with Gasteiger partial charge in [0, 0.05) is 7.11 Å². The normalized spacial score (nSPS) is 17.9. The maximum atomic E-state index is 11.7. The van der Waals surface area contributed by atoms with Crippen LogP contribution in [0.3, 0.4) is 0 Å². The van der Waals surface area contributed by atoms with Crippen LogP contribution in [0, 0.1) is 0 Å². The zero-order valence-electron chi connectivity index (χ0n) is 9.17. The third-order valence-corrected chi connectivity index (χ3v) is 2.23. The fourth-order valence-corrected chi connectivity index (χ4v) is 1.56. The van der Waals surface area contributed by atoms with Crippen LogP contribution in [0.25, 0.3) is 0 Å². The van der Waals surface area contributed by atoms with Gasteiger partial charge in [-0.2, -0.15) is 0 Å². The van der Waals surface area contributed by atoms with Crippen molar-refractivity contribution in [2.75, 3.05) is 18.6 Å². The number of fused-ring (bicyclic) bond motifs is 1. The predicted molar refractivity (Wildman–Crippen MR) is 57.4 cm³/mol. The molecule has 0 fully saturated rings. The number of para-hydroxylation sites is 2. The second-order valence-electron chi connectivity index (χ2n) is 3.20. The van der Waals surface area contributed by atoms with E-state index in [1.54, 1.807) is 19.1 Å². The molecule has 1 aliphatic heterocycles. The topological polar surface area (TPSA) is 48.0 Å². The standard InChI is InChI=1S/C11H13NO4/c1-3-15-10(13)12-8-6-4-5-7-9(8)16-11(12)14-2/h4-7,11H,3H2,1-2H3. The smallest absolute Gasteiger partial charge is 0.419 e. The number of carbonyl (C=O) groups is 1. The summed E-state index contributed by atoms with van der Waals surface area (Å²) in [6.07, 6.45) is -1.23. The van der Waals surface area contributed by atoms with Gasteiger partial charge in [0.05, 0.1) is 12.3 Å². The fourth-order valence-electron chi connectivity index (χ4n) is 1.56. The summed E-state index contributed by atoms with van der Waals surface area (Å²) in [7, 11) is 1.47. The van der Waals surface area contributed by atoms with Gasteiger partial charge < -0.3 is 14.2 Å². The Morgan fingerprint density at radius 3 is 2.94 bits per heavy atom. The molecule has 1 aromatic rings. The van der Waals surface area contributed by atoms with Crippen molar-refractivity contribution in [1.29, 1.82) is 0 Å². The van der Waals surface area contributed by atoms with E-state index in [0.717, 1.165) is 0 Å². The Labute approximate surface area is 93.5 Å². The predicted octanol–water partition coefficient (Wildman–Crippen LogP) is 1.97. The van der Waals surface area contributed by atoms with E-state index in [0.29, 0.717) is 18.0 Å². The number of rotatable bonds is 2. The first kappa shape index (κ1) is 10.8. The van der Waals surface area contributed by atoms with Crippen molar-refractivity contribution in [2.45, 2.75) is 13.3 Å². The summed E-state index contributed by atoms with van der Waals surface area (Å²) in [5.74, 6) is 0.613. The minimum absolute atomic E-state index is 0.313. The maximum Gasteiger partial charge on any atom is 0.419 e. The molecule has 0 saturated carbocycles. The number of anilines is 1. The second kappa shape index (κ2) is 4.40. The van der Waals surface area contributed by atoms with E-state index >= 15 is 0 Å². The molecule has 0 saturated heterocycles. The molecule has 1 unspecified atom stereocenters. The molecule has 1 heterocycles. The van der Waals surface area contributed by atoms with E-state index in [4.69, 9.17) is 14.2 Å². The van der Waals surface area contributed by atoms with E-state index in [1.165, 1.54) is 12.0 Å². The molecule has 1 amide bonds. The molecule has 1 atom stereocenters. The van der Waals surface area contributed by atoms with Crippen LogP contribution >= 0.6 is 0 Å². The van der Waals surface area contributed by atoms with E-state index in [-0.39, 0.29) is 0 Å². The summed E-state index contributed by atoms with van der Waals surface area (Å²) in [5, 5.41) is 0. The molecule has 1 aromatic carbocycles. The maximum absolute atomic E-state index is 11.7. The zero-order chi connectivity index (χ0) is 11.5. The number of amides is 1. The van der Waals surface area contributed by atoms with E-state index < -0.39 is 12.5 Å². The highest BCUT2D eigenvalue weighted by atomic mass is 16.7. The van der Waals surface area contributed by atoms with Crippen LogP contribution in [-0.2, 0) is 9.47 Å². The molecule has 2 rings (SSSR count). The van der Waals surface area contributed by atoms with Gasteiger partial charge in [-0.15, -0.1) is 0 Å². The first-order chi connectivity index (χ1) is 7.77. The van der Waals surface area contributed by atoms with Gasteiger partial charge >= 0.3 is 6.09 Å². The lowest BCUT2D eigenvalue weighted by Gasteiger charge is -2.20. The molecule has 86 valence electrons. The Morgan fingerprint density at radius 2 is 2.25 bits per heavy atom. The number of ether oxygens (including phenoxy) is 3. The largest absolute Gasteiger partial charge is 0.449 e. The molecule has 0 spiro atoms. The molecular weight excluding hydrogens is 210 g/mol. The average molecular weight is 223 g/mol. The van der Waals surface area contributed by atoms with Crippen LogP contribution in [0.2, 0.25) is 0 Å². The summed E-state index contributed by atoms with van der Waals surface area (Å²) in [6.45, 7) is 2.07. The lowest BCUT2D eigenvalue weighted by Crippen LogP contribution is -2.41. The minimum atomic E-state index is -0.753. The third kappa shape index (κ3) is 1.69. The lowest BCUT2D eigenvalue weighted by molar-refractivity contribution is -0.0392.